The summed E-state index contributed by atoms with van der Waals surface area (Å²) in [5.74, 6) is 0.479. The molecule has 0 bridgehead atoms. The summed E-state index contributed by atoms with van der Waals surface area (Å²) in [6.07, 6.45) is 4.01. The number of benzene rings is 1. The molecule has 0 amide bonds. The predicted molar refractivity (Wildman–Crippen MR) is 69.4 cm³/mol. The smallest absolute Gasteiger partial charge is 0.116 e. The zero-order valence-electron chi connectivity index (χ0n) is 9.49. The molecular weight excluding hydrogens is 234 g/mol. The van der Waals surface area contributed by atoms with Gasteiger partial charge in [-0.1, -0.05) is 23.7 Å². The van der Waals surface area contributed by atoms with E-state index < -0.39 is 0 Å². The highest BCUT2D eigenvalue weighted by molar-refractivity contribution is 6.35. The van der Waals surface area contributed by atoms with Gasteiger partial charge in [-0.25, -0.2) is 9.97 Å². The molecule has 0 spiro atoms. The van der Waals surface area contributed by atoms with Crippen LogP contribution in [0.1, 0.15) is 24.5 Å². The van der Waals surface area contributed by atoms with E-state index in [0.29, 0.717) is 10.9 Å². The number of hydrogen-bond donors (Lipinski definition) is 1. The van der Waals surface area contributed by atoms with E-state index in [-0.39, 0.29) is 0 Å². The lowest BCUT2D eigenvalue weighted by Gasteiger charge is -2.23. The Kier molecular flexibility index (Phi) is 2.95. The van der Waals surface area contributed by atoms with Crippen LogP contribution in [0.3, 0.4) is 0 Å². The minimum Gasteiger partial charge on any atom is -0.316 e. The fourth-order valence-electron chi connectivity index (χ4n) is 2.48. The van der Waals surface area contributed by atoms with Gasteiger partial charge in [0, 0.05) is 17.8 Å². The first-order chi connectivity index (χ1) is 8.36. The van der Waals surface area contributed by atoms with Crippen LogP contribution < -0.4 is 5.32 Å². The SMILES string of the molecule is Clc1cccc2c(C3CCCNC3)ncnc12. The number of para-hydroxylation sites is 1. The number of rotatable bonds is 1. The van der Waals surface area contributed by atoms with Gasteiger partial charge in [0.05, 0.1) is 16.2 Å². The summed E-state index contributed by atoms with van der Waals surface area (Å²) in [6.45, 7) is 2.11. The van der Waals surface area contributed by atoms with Gasteiger partial charge in [0.1, 0.15) is 6.33 Å². The van der Waals surface area contributed by atoms with E-state index in [4.69, 9.17) is 11.6 Å². The predicted octanol–water partition coefficient (Wildman–Crippen LogP) is 2.75. The van der Waals surface area contributed by atoms with Gasteiger partial charge in [0.15, 0.2) is 0 Å². The van der Waals surface area contributed by atoms with Crippen LogP contribution in [0.5, 0.6) is 0 Å². The molecule has 1 aromatic heterocycles. The Bertz CT molecular complexity index is 535. The fourth-order valence-corrected chi connectivity index (χ4v) is 2.71. The fraction of sp³-hybridized carbons (Fsp3) is 0.385. The first-order valence-electron chi connectivity index (χ1n) is 5.96. The number of halogens is 1. The zero-order valence-corrected chi connectivity index (χ0v) is 10.2. The van der Waals surface area contributed by atoms with Crippen LogP contribution in [-0.2, 0) is 0 Å². The molecule has 17 heavy (non-hydrogen) atoms. The molecule has 0 saturated carbocycles. The summed E-state index contributed by atoms with van der Waals surface area (Å²) in [6, 6.07) is 5.90. The molecule has 3 rings (SSSR count). The van der Waals surface area contributed by atoms with Crippen molar-refractivity contribution in [3.8, 4) is 0 Å². The largest absolute Gasteiger partial charge is 0.316 e. The Morgan fingerprint density at radius 3 is 3.06 bits per heavy atom. The van der Waals surface area contributed by atoms with Crippen LogP contribution in [0.4, 0.5) is 0 Å². The second kappa shape index (κ2) is 4.59. The molecule has 2 aromatic rings. The zero-order chi connectivity index (χ0) is 11.7. The molecule has 1 aromatic carbocycles. The Labute approximate surface area is 105 Å². The molecule has 1 saturated heterocycles. The number of nitrogens with one attached hydrogen (secondary N) is 1. The van der Waals surface area contributed by atoms with Crippen LogP contribution in [0.15, 0.2) is 24.5 Å². The lowest BCUT2D eigenvalue weighted by molar-refractivity contribution is 0.456. The van der Waals surface area contributed by atoms with Crippen LogP contribution in [0.25, 0.3) is 10.9 Å². The molecule has 88 valence electrons. The number of fused-ring (bicyclic) bond motifs is 1. The Hall–Kier alpha value is -1.19. The van der Waals surface area contributed by atoms with Crippen molar-refractivity contribution in [1.29, 1.82) is 0 Å². The second-order valence-corrected chi connectivity index (χ2v) is 4.85. The molecule has 4 heteroatoms. The van der Waals surface area contributed by atoms with Crippen molar-refractivity contribution in [1.82, 2.24) is 15.3 Å². The van der Waals surface area contributed by atoms with Gasteiger partial charge in [-0.2, -0.15) is 0 Å². The van der Waals surface area contributed by atoms with Crippen LogP contribution in [0.2, 0.25) is 5.02 Å². The molecule has 1 fully saturated rings. The molecule has 1 N–H and O–H groups in total. The van der Waals surface area contributed by atoms with Crippen LogP contribution >= 0.6 is 11.6 Å². The summed E-state index contributed by atoms with van der Waals surface area (Å²) in [5.41, 5.74) is 1.99. The summed E-state index contributed by atoms with van der Waals surface area (Å²) in [7, 11) is 0. The summed E-state index contributed by atoms with van der Waals surface area (Å²) < 4.78 is 0. The van der Waals surface area contributed by atoms with Gasteiger partial charge in [-0.15, -0.1) is 0 Å². The molecule has 1 unspecified atom stereocenters. The molecule has 1 aliphatic heterocycles. The highest BCUT2D eigenvalue weighted by Crippen LogP contribution is 2.29. The van der Waals surface area contributed by atoms with Crippen molar-refractivity contribution in [3.05, 3.63) is 35.2 Å². The van der Waals surface area contributed by atoms with E-state index in [1.165, 1.54) is 12.8 Å². The molecule has 2 heterocycles. The molecule has 0 radical (unpaired) electrons. The van der Waals surface area contributed by atoms with Gasteiger partial charge in [-0.3, -0.25) is 0 Å². The van der Waals surface area contributed by atoms with E-state index in [1.54, 1.807) is 6.33 Å². The normalized spacial score (nSPS) is 20.6. The average molecular weight is 248 g/mol. The van der Waals surface area contributed by atoms with Crippen molar-refractivity contribution in [2.45, 2.75) is 18.8 Å². The highest BCUT2D eigenvalue weighted by atomic mass is 35.5. The topological polar surface area (TPSA) is 37.8 Å². The molecule has 3 nitrogen and oxygen atoms in total. The van der Waals surface area contributed by atoms with E-state index in [2.05, 4.69) is 21.4 Å². The van der Waals surface area contributed by atoms with E-state index in [0.717, 1.165) is 29.7 Å². The van der Waals surface area contributed by atoms with Gasteiger partial charge in [0.25, 0.3) is 0 Å². The lowest BCUT2D eigenvalue weighted by atomic mass is 9.93. The summed E-state index contributed by atoms with van der Waals surface area (Å²) >= 11 is 6.16. The molecule has 1 atom stereocenters. The maximum atomic E-state index is 6.16. The first kappa shape index (κ1) is 10.9. The minimum atomic E-state index is 0.479. The van der Waals surface area contributed by atoms with Crippen molar-refractivity contribution in [2.24, 2.45) is 0 Å². The molecule has 0 aliphatic carbocycles. The molecule has 1 aliphatic rings. The maximum Gasteiger partial charge on any atom is 0.116 e. The maximum absolute atomic E-state index is 6.16. The van der Waals surface area contributed by atoms with Crippen molar-refractivity contribution in [3.63, 3.8) is 0 Å². The Morgan fingerprint density at radius 1 is 1.29 bits per heavy atom. The third kappa shape index (κ3) is 2.01. The van der Waals surface area contributed by atoms with E-state index in [1.807, 2.05) is 12.1 Å². The van der Waals surface area contributed by atoms with E-state index >= 15 is 0 Å². The van der Waals surface area contributed by atoms with Crippen molar-refractivity contribution in [2.75, 3.05) is 13.1 Å². The monoisotopic (exact) mass is 247 g/mol. The number of hydrogen-bond acceptors (Lipinski definition) is 3. The lowest BCUT2D eigenvalue weighted by Crippen LogP contribution is -2.29. The summed E-state index contributed by atoms with van der Waals surface area (Å²) in [5, 5.41) is 5.21. The minimum absolute atomic E-state index is 0.479. The Morgan fingerprint density at radius 2 is 2.24 bits per heavy atom. The number of aromatic nitrogens is 2. The van der Waals surface area contributed by atoms with E-state index in [9.17, 15) is 0 Å². The number of nitrogens with zero attached hydrogens (tertiary/aromatic N) is 2. The van der Waals surface area contributed by atoms with Gasteiger partial charge < -0.3 is 5.32 Å². The van der Waals surface area contributed by atoms with Gasteiger partial charge in [-0.05, 0) is 25.5 Å². The first-order valence-corrected chi connectivity index (χ1v) is 6.34. The van der Waals surface area contributed by atoms with Crippen molar-refractivity contribution >= 4 is 22.5 Å². The van der Waals surface area contributed by atoms with Crippen LogP contribution in [0, 0.1) is 0 Å². The highest BCUT2D eigenvalue weighted by Gasteiger charge is 2.19. The van der Waals surface area contributed by atoms with Crippen molar-refractivity contribution < 1.29 is 0 Å². The van der Waals surface area contributed by atoms with Gasteiger partial charge >= 0.3 is 0 Å². The Balaban J connectivity index is 2.12. The average Bonchev–Trinajstić information content (AvgIpc) is 2.40. The summed E-state index contributed by atoms with van der Waals surface area (Å²) in [4.78, 5) is 8.73. The second-order valence-electron chi connectivity index (χ2n) is 4.44. The number of piperidine rings is 1. The molecular formula is C13H14ClN3. The quantitative estimate of drug-likeness (QED) is 0.842. The van der Waals surface area contributed by atoms with Gasteiger partial charge in [0.2, 0.25) is 0 Å². The third-order valence-corrected chi connectivity index (χ3v) is 3.63. The third-order valence-electron chi connectivity index (χ3n) is 3.33. The standard InChI is InChI=1S/C13H14ClN3/c14-11-5-1-4-10-12(16-8-17-13(10)11)9-3-2-6-15-7-9/h1,4-5,8-9,15H,2-3,6-7H2. The van der Waals surface area contributed by atoms with Crippen LogP contribution in [-0.4, -0.2) is 23.1 Å².